The largest absolute Gasteiger partial charge is 0.416 e. The fraction of sp³-hybridized carbons (Fsp3) is 0.444. The number of aryl methyl sites for hydroxylation is 1. The molecule has 2 aromatic rings. The SMILES string of the molecule is Cc1nc(-c2ccc(C(F)(F)F)cc2)sc1C(=O)N1CCCC[C@@H]1C. The maximum absolute atomic E-state index is 12.8. The summed E-state index contributed by atoms with van der Waals surface area (Å²) in [7, 11) is 0. The van der Waals surface area contributed by atoms with E-state index in [1.165, 1.54) is 23.5 Å². The number of nitrogens with zero attached hydrogens (tertiary/aromatic N) is 2. The van der Waals surface area contributed by atoms with Gasteiger partial charge in [-0.1, -0.05) is 12.1 Å². The quantitative estimate of drug-likeness (QED) is 0.734. The smallest absolute Gasteiger partial charge is 0.335 e. The highest BCUT2D eigenvalue weighted by molar-refractivity contribution is 7.17. The summed E-state index contributed by atoms with van der Waals surface area (Å²) >= 11 is 1.25. The summed E-state index contributed by atoms with van der Waals surface area (Å²) in [5.41, 5.74) is 0.525. The Balaban J connectivity index is 1.86. The average molecular weight is 368 g/mol. The summed E-state index contributed by atoms with van der Waals surface area (Å²) < 4.78 is 38.0. The normalized spacial score (nSPS) is 18.4. The first kappa shape index (κ1) is 17.9. The summed E-state index contributed by atoms with van der Waals surface area (Å²) in [6.45, 7) is 4.56. The first-order valence-corrected chi connectivity index (χ1v) is 9.05. The van der Waals surface area contributed by atoms with Gasteiger partial charge in [0.1, 0.15) is 9.88 Å². The van der Waals surface area contributed by atoms with Crippen molar-refractivity contribution in [1.82, 2.24) is 9.88 Å². The highest BCUT2D eigenvalue weighted by Gasteiger charge is 2.30. The number of thiazole rings is 1. The predicted octanol–water partition coefficient (Wildman–Crippen LogP) is 5.15. The van der Waals surface area contributed by atoms with Crippen LogP contribution in [0.3, 0.4) is 0 Å². The number of amides is 1. The van der Waals surface area contributed by atoms with Gasteiger partial charge < -0.3 is 4.90 Å². The van der Waals surface area contributed by atoms with E-state index in [9.17, 15) is 18.0 Å². The molecular formula is C18H19F3N2OS. The van der Waals surface area contributed by atoms with Crippen LogP contribution in [0.2, 0.25) is 0 Å². The van der Waals surface area contributed by atoms with Gasteiger partial charge in [0.25, 0.3) is 5.91 Å². The zero-order chi connectivity index (χ0) is 18.2. The standard InChI is InChI=1S/C18H19F3N2OS/c1-11-5-3-4-10-23(11)17(24)15-12(2)22-16(25-15)13-6-8-14(9-7-13)18(19,20)21/h6-9,11H,3-5,10H2,1-2H3/t11-/m0/s1. The van der Waals surface area contributed by atoms with Crippen LogP contribution in [0, 0.1) is 6.92 Å². The van der Waals surface area contributed by atoms with Crippen LogP contribution < -0.4 is 0 Å². The molecule has 1 aliphatic heterocycles. The maximum Gasteiger partial charge on any atom is 0.416 e. The van der Waals surface area contributed by atoms with Gasteiger partial charge in [0.2, 0.25) is 0 Å². The van der Waals surface area contributed by atoms with Crippen LogP contribution in [0.5, 0.6) is 0 Å². The predicted molar refractivity (Wildman–Crippen MR) is 91.6 cm³/mol. The lowest BCUT2D eigenvalue weighted by atomic mass is 10.0. The monoisotopic (exact) mass is 368 g/mol. The van der Waals surface area contributed by atoms with Crippen molar-refractivity contribution in [2.24, 2.45) is 0 Å². The van der Waals surface area contributed by atoms with Crippen LogP contribution in [-0.2, 0) is 6.18 Å². The van der Waals surface area contributed by atoms with Crippen molar-refractivity contribution in [2.45, 2.75) is 45.3 Å². The number of likely N-dealkylation sites (tertiary alicyclic amines) is 1. The van der Waals surface area contributed by atoms with Crippen LogP contribution >= 0.6 is 11.3 Å². The van der Waals surface area contributed by atoms with Gasteiger partial charge in [-0.15, -0.1) is 11.3 Å². The second-order valence-corrected chi connectivity index (χ2v) is 7.35. The van der Waals surface area contributed by atoms with Crippen LogP contribution in [0.4, 0.5) is 13.2 Å². The minimum absolute atomic E-state index is 0.0274. The van der Waals surface area contributed by atoms with E-state index >= 15 is 0 Å². The molecule has 3 rings (SSSR count). The van der Waals surface area contributed by atoms with Crippen molar-refractivity contribution in [2.75, 3.05) is 6.54 Å². The summed E-state index contributed by atoms with van der Waals surface area (Å²) in [6, 6.07) is 5.09. The lowest BCUT2D eigenvalue weighted by Gasteiger charge is -2.33. The number of rotatable bonds is 2. The molecule has 134 valence electrons. The number of piperidine rings is 1. The highest BCUT2D eigenvalue weighted by atomic mass is 32.1. The number of hydrogen-bond donors (Lipinski definition) is 0. The average Bonchev–Trinajstić information content (AvgIpc) is 2.96. The molecule has 0 saturated carbocycles. The summed E-state index contributed by atoms with van der Waals surface area (Å²) in [4.78, 5) is 19.7. The van der Waals surface area contributed by atoms with Gasteiger partial charge in [-0.25, -0.2) is 4.98 Å². The molecule has 1 atom stereocenters. The van der Waals surface area contributed by atoms with Crippen LogP contribution in [0.1, 0.15) is 47.1 Å². The number of hydrogen-bond acceptors (Lipinski definition) is 3. The molecule has 1 amide bonds. The Morgan fingerprint density at radius 2 is 1.92 bits per heavy atom. The van der Waals surface area contributed by atoms with Crippen LogP contribution in [-0.4, -0.2) is 28.4 Å². The maximum atomic E-state index is 12.8. The molecule has 1 aromatic heterocycles. The summed E-state index contributed by atoms with van der Waals surface area (Å²) in [5, 5.41) is 0.569. The van der Waals surface area contributed by atoms with E-state index < -0.39 is 11.7 Å². The van der Waals surface area contributed by atoms with E-state index in [4.69, 9.17) is 0 Å². The van der Waals surface area contributed by atoms with Crippen molar-refractivity contribution >= 4 is 17.2 Å². The second kappa shape index (κ2) is 6.78. The number of carbonyl (C=O) groups excluding carboxylic acids is 1. The van der Waals surface area contributed by atoms with Gasteiger partial charge in [0.05, 0.1) is 11.3 Å². The first-order valence-electron chi connectivity index (χ1n) is 8.23. The Morgan fingerprint density at radius 3 is 2.52 bits per heavy atom. The molecule has 0 N–H and O–H groups in total. The highest BCUT2D eigenvalue weighted by Crippen LogP contribution is 2.33. The van der Waals surface area contributed by atoms with E-state index in [1.807, 2.05) is 11.8 Å². The first-order chi connectivity index (χ1) is 11.8. The third kappa shape index (κ3) is 3.71. The number of aromatic nitrogens is 1. The fourth-order valence-electron chi connectivity index (χ4n) is 3.05. The number of alkyl halides is 3. The zero-order valence-electron chi connectivity index (χ0n) is 14.1. The van der Waals surface area contributed by atoms with Gasteiger partial charge in [-0.2, -0.15) is 13.2 Å². The Labute approximate surface area is 148 Å². The Hall–Kier alpha value is -1.89. The number of halogens is 3. The molecule has 0 radical (unpaired) electrons. The zero-order valence-corrected chi connectivity index (χ0v) is 14.9. The van der Waals surface area contributed by atoms with Crippen molar-refractivity contribution in [3.63, 3.8) is 0 Å². The van der Waals surface area contributed by atoms with Gasteiger partial charge in [0, 0.05) is 18.2 Å². The minimum atomic E-state index is -4.36. The molecule has 3 nitrogen and oxygen atoms in total. The molecule has 0 bridgehead atoms. The molecular weight excluding hydrogens is 349 g/mol. The number of carbonyl (C=O) groups is 1. The molecule has 7 heteroatoms. The summed E-state index contributed by atoms with van der Waals surface area (Å²) in [5.74, 6) is -0.0274. The van der Waals surface area contributed by atoms with Crippen LogP contribution in [0.15, 0.2) is 24.3 Å². The van der Waals surface area contributed by atoms with Crippen molar-refractivity contribution in [3.8, 4) is 10.6 Å². The fourth-order valence-corrected chi connectivity index (χ4v) is 4.08. The molecule has 0 unspecified atom stereocenters. The van der Waals surface area contributed by atoms with E-state index in [-0.39, 0.29) is 11.9 Å². The molecule has 0 aliphatic carbocycles. The lowest BCUT2D eigenvalue weighted by molar-refractivity contribution is -0.137. The molecule has 0 spiro atoms. The van der Waals surface area contributed by atoms with Gasteiger partial charge in [-0.3, -0.25) is 4.79 Å². The van der Waals surface area contributed by atoms with Gasteiger partial charge in [0.15, 0.2) is 0 Å². The Bertz CT molecular complexity index is 768. The van der Waals surface area contributed by atoms with E-state index in [1.54, 1.807) is 6.92 Å². The summed E-state index contributed by atoms with van der Waals surface area (Å²) in [6.07, 6.45) is -1.23. The molecule has 1 aliphatic rings. The van der Waals surface area contributed by atoms with Crippen LogP contribution in [0.25, 0.3) is 10.6 Å². The van der Waals surface area contributed by atoms with E-state index in [2.05, 4.69) is 4.98 Å². The third-order valence-electron chi connectivity index (χ3n) is 4.51. The Morgan fingerprint density at radius 1 is 1.24 bits per heavy atom. The van der Waals surface area contributed by atoms with Gasteiger partial charge >= 0.3 is 6.18 Å². The van der Waals surface area contributed by atoms with Crippen molar-refractivity contribution in [1.29, 1.82) is 0 Å². The van der Waals surface area contributed by atoms with Crippen molar-refractivity contribution in [3.05, 3.63) is 40.4 Å². The third-order valence-corrected chi connectivity index (χ3v) is 5.71. The second-order valence-electron chi connectivity index (χ2n) is 6.35. The van der Waals surface area contributed by atoms with Crippen molar-refractivity contribution < 1.29 is 18.0 Å². The molecule has 25 heavy (non-hydrogen) atoms. The lowest BCUT2D eigenvalue weighted by Crippen LogP contribution is -2.41. The van der Waals surface area contributed by atoms with E-state index in [0.29, 0.717) is 21.1 Å². The molecule has 1 aromatic carbocycles. The number of benzene rings is 1. The molecule has 2 heterocycles. The molecule has 1 saturated heterocycles. The Kier molecular flexibility index (Phi) is 4.86. The molecule has 1 fully saturated rings. The van der Waals surface area contributed by atoms with E-state index in [0.717, 1.165) is 37.9 Å². The topological polar surface area (TPSA) is 33.2 Å². The minimum Gasteiger partial charge on any atom is -0.335 e. The van der Waals surface area contributed by atoms with Gasteiger partial charge in [-0.05, 0) is 45.2 Å².